The molecular weight excluding hydrogens is 296 g/mol. The van der Waals surface area contributed by atoms with Crippen molar-refractivity contribution in [3.8, 4) is 0 Å². The summed E-state index contributed by atoms with van der Waals surface area (Å²) in [5, 5.41) is 20.5. The SMILES string of the molecule is NNc1nc(Nc2cc(C(=O)O)cc(C(=O)O)c2)nc(=O)[nH]1. The molecule has 0 radical (unpaired) electrons. The third kappa shape index (κ3) is 3.34. The molecule has 0 saturated heterocycles. The van der Waals surface area contributed by atoms with Gasteiger partial charge in [0.05, 0.1) is 11.1 Å². The van der Waals surface area contributed by atoms with Gasteiger partial charge in [-0.05, 0) is 18.2 Å². The second-order valence-electron chi connectivity index (χ2n) is 4.00. The lowest BCUT2D eigenvalue weighted by Crippen LogP contribution is -2.20. The molecule has 0 amide bonds. The molecule has 0 aliphatic heterocycles. The summed E-state index contributed by atoms with van der Waals surface area (Å²) in [6, 6.07) is 3.35. The molecule has 2 aromatic rings. The largest absolute Gasteiger partial charge is 0.478 e. The number of hydrogen-bond donors (Lipinski definition) is 6. The number of benzene rings is 1. The molecule has 0 fully saturated rings. The van der Waals surface area contributed by atoms with Crippen molar-refractivity contribution in [3.63, 3.8) is 0 Å². The lowest BCUT2D eigenvalue weighted by Gasteiger charge is -2.08. The van der Waals surface area contributed by atoms with E-state index in [1.54, 1.807) is 0 Å². The van der Waals surface area contributed by atoms with Crippen molar-refractivity contribution in [2.45, 2.75) is 0 Å². The van der Waals surface area contributed by atoms with E-state index in [9.17, 15) is 14.4 Å². The van der Waals surface area contributed by atoms with E-state index in [0.717, 1.165) is 6.07 Å². The second-order valence-corrected chi connectivity index (χ2v) is 4.00. The van der Waals surface area contributed by atoms with Crippen LogP contribution in [0.4, 0.5) is 17.6 Å². The Kier molecular flexibility index (Phi) is 3.99. The Morgan fingerprint density at radius 2 is 1.68 bits per heavy atom. The van der Waals surface area contributed by atoms with Crippen LogP contribution in [0.3, 0.4) is 0 Å². The summed E-state index contributed by atoms with van der Waals surface area (Å²) in [6.07, 6.45) is 0. The first-order valence-electron chi connectivity index (χ1n) is 5.72. The summed E-state index contributed by atoms with van der Waals surface area (Å²) in [5.74, 6) is 2.25. The first-order chi connectivity index (χ1) is 10.4. The van der Waals surface area contributed by atoms with E-state index >= 15 is 0 Å². The molecule has 7 N–H and O–H groups in total. The lowest BCUT2D eigenvalue weighted by molar-refractivity contribution is 0.0696. The number of nitrogens with one attached hydrogen (secondary N) is 3. The molecule has 0 aliphatic rings. The van der Waals surface area contributed by atoms with Gasteiger partial charge in [-0.3, -0.25) is 10.4 Å². The second kappa shape index (κ2) is 5.88. The third-order valence-electron chi connectivity index (χ3n) is 2.47. The maximum Gasteiger partial charge on any atom is 0.351 e. The van der Waals surface area contributed by atoms with E-state index in [4.69, 9.17) is 16.1 Å². The Hall–Kier alpha value is -3.47. The number of H-pyrrole nitrogens is 1. The van der Waals surface area contributed by atoms with Gasteiger partial charge in [-0.15, -0.1) is 0 Å². The van der Waals surface area contributed by atoms with E-state index < -0.39 is 17.6 Å². The predicted molar refractivity (Wildman–Crippen MR) is 74.1 cm³/mol. The van der Waals surface area contributed by atoms with Crippen LogP contribution in [0.15, 0.2) is 23.0 Å². The van der Waals surface area contributed by atoms with Gasteiger partial charge in [0.2, 0.25) is 11.9 Å². The van der Waals surface area contributed by atoms with Gasteiger partial charge in [0.1, 0.15) is 0 Å². The highest BCUT2D eigenvalue weighted by Crippen LogP contribution is 2.18. The van der Waals surface area contributed by atoms with Crippen molar-refractivity contribution in [1.82, 2.24) is 15.0 Å². The van der Waals surface area contributed by atoms with Crippen LogP contribution < -0.4 is 22.3 Å². The zero-order valence-electron chi connectivity index (χ0n) is 10.8. The molecule has 0 bridgehead atoms. The van der Waals surface area contributed by atoms with Crippen molar-refractivity contribution < 1.29 is 19.8 Å². The Balaban J connectivity index is 2.44. The minimum absolute atomic E-state index is 0.0738. The zero-order valence-corrected chi connectivity index (χ0v) is 10.8. The summed E-state index contributed by atoms with van der Waals surface area (Å²) in [6.45, 7) is 0. The Labute approximate surface area is 121 Å². The first-order valence-corrected chi connectivity index (χ1v) is 5.72. The Bertz CT molecular complexity index is 770. The monoisotopic (exact) mass is 306 g/mol. The summed E-state index contributed by atoms with van der Waals surface area (Å²) < 4.78 is 0. The number of anilines is 3. The number of nitrogens with zero attached hydrogens (tertiary/aromatic N) is 2. The van der Waals surface area contributed by atoms with Crippen LogP contribution in [-0.4, -0.2) is 37.1 Å². The van der Waals surface area contributed by atoms with Gasteiger partial charge in [0.25, 0.3) is 0 Å². The maximum absolute atomic E-state index is 11.3. The number of carboxylic acid groups (broad SMARTS) is 2. The van der Waals surface area contributed by atoms with Crippen molar-refractivity contribution >= 4 is 29.5 Å². The minimum Gasteiger partial charge on any atom is -0.478 e. The van der Waals surface area contributed by atoms with Crippen LogP contribution in [0.2, 0.25) is 0 Å². The van der Waals surface area contributed by atoms with Gasteiger partial charge < -0.3 is 15.5 Å². The van der Waals surface area contributed by atoms with E-state index in [1.807, 2.05) is 0 Å². The highest BCUT2D eigenvalue weighted by Gasteiger charge is 2.12. The number of rotatable bonds is 5. The van der Waals surface area contributed by atoms with Crippen LogP contribution in [0, 0.1) is 0 Å². The molecule has 114 valence electrons. The van der Waals surface area contributed by atoms with Gasteiger partial charge >= 0.3 is 17.6 Å². The molecule has 2 rings (SSSR count). The summed E-state index contributed by atoms with van der Waals surface area (Å²) in [5.41, 5.74) is 0.964. The van der Waals surface area contributed by atoms with Crippen molar-refractivity contribution in [3.05, 3.63) is 39.8 Å². The smallest absolute Gasteiger partial charge is 0.351 e. The Morgan fingerprint density at radius 3 is 2.18 bits per heavy atom. The van der Waals surface area contributed by atoms with E-state index in [-0.39, 0.29) is 28.7 Å². The van der Waals surface area contributed by atoms with Gasteiger partial charge in [-0.1, -0.05) is 0 Å². The zero-order chi connectivity index (χ0) is 16.3. The molecule has 0 aliphatic carbocycles. The number of hydrogen-bond acceptors (Lipinski definition) is 8. The fraction of sp³-hybridized carbons (Fsp3) is 0. The number of nitrogens with two attached hydrogens (primary N) is 1. The number of hydrazine groups is 1. The highest BCUT2D eigenvalue weighted by atomic mass is 16.4. The Morgan fingerprint density at radius 1 is 1.09 bits per heavy atom. The molecule has 1 heterocycles. The van der Waals surface area contributed by atoms with Crippen LogP contribution in [0.1, 0.15) is 20.7 Å². The average molecular weight is 306 g/mol. The third-order valence-corrected chi connectivity index (χ3v) is 2.47. The molecular formula is C11H10N6O5. The highest BCUT2D eigenvalue weighted by molar-refractivity contribution is 5.95. The maximum atomic E-state index is 11.3. The van der Waals surface area contributed by atoms with Gasteiger partial charge in [-0.2, -0.15) is 9.97 Å². The van der Waals surface area contributed by atoms with Gasteiger partial charge in [0.15, 0.2) is 0 Å². The van der Waals surface area contributed by atoms with Crippen LogP contribution in [-0.2, 0) is 0 Å². The molecule has 0 unspecified atom stereocenters. The molecule has 11 heteroatoms. The van der Waals surface area contributed by atoms with E-state index in [1.165, 1.54) is 12.1 Å². The molecule has 22 heavy (non-hydrogen) atoms. The van der Waals surface area contributed by atoms with Crippen molar-refractivity contribution in [2.75, 3.05) is 10.7 Å². The van der Waals surface area contributed by atoms with Crippen LogP contribution in [0.5, 0.6) is 0 Å². The average Bonchev–Trinajstić information content (AvgIpc) is 2.46. The minimum atomic E-state index is -1.30. The van der Waals surface area contributed by atoms with Crippen LogP contribution in [0.25, 0.3) is 0 Å². The van der Waals surface area contributed by atoms with Crippen molar-refractivity contribution in [2.24, 2.45) is 5.84 Å². The number of aromatic amines is 1. The van der Waals surface area contributed by atoms with Gasteiger partial charge in [-0.25, -0.2) is 20.2 Å². The molecule has 0 saturated carbocycles. The van der Waals surface area contributed by atoms with Gasteiger partial charge in [0, 0.05) is 5.69 Å². The van der Waals surface area contributed by atoms with Crippen molar-refractivity contribution in [1.29, 1.82) is 0 Å². The van der Waals surface area contributed by atoms with Crippen LogP contribution >= 0.6 is 0 Å². The number of carboxylic acids is 2. The summed E-state index contributed by atoms with van der Waals surface area (Å²) in [7, 11) is 0. The standard InChI is InChI=1S/C11H10N6O5/c12-17-10-14-9(15-11(22)16-10)13-6-2-4(7(18)19)1-5(3-6)8(20)21/h1-3H,12H2,(H,18,19)(H,20,21)(H3,13,14,15,16,17,22). The van der Waals surface area contributed by atoms with E-state index in [2.05, 4.69) is 25.7 Å². The molecule has 1 aromatic heterocycles. The molecule has 11 nitrogen and oxygen atoms in total. The molecule has 1 aromatic carbocycles. The normalized spacial score (nSPS) is 10.0. The fourth-order valence-corrected chi connectivity index (χ4v) is 1.58. The topological polar surface area (TPSA) is 183 Å². The molecule has 0 spiro atoms. The summed E-state index contributed by atoms with van der Waals surface area (Å²) in [4.78, 5) is 42.8. The number of nitrogen functional groups attached to an aromatic ring is 1. The molecule has 0 atom stereocenters. The quantitative estimate of drug-likeness (QED) is 0.313. The first kappa shape index (κ1) is 14.9. The number of aromatic carboxylic acids is 2. The number of carbonyl (C=O) groups is 2. The lowest BCUT2D eigenvalue weighted by atomic mass is 10.1. The fourth-order valence-electron chi connectivity index (χ4n) is 1.58. The predicted octanol–water partition coefficient (Wildman–Crippen LogP) is -0.410. The van der Waals surface area contributed by atoms with E-state index in [0.29, 0.717) is 0 Å². The summed E-state index contributed by atoms with van der Waals surface area (Å²) >= 11 is 0. The number of aromatic nitrogens is 3.